The van der Waals surface area contributed by atoms with Gasteiger partial charge in [-0.25, -0.2) is 63.1 Å². The molecule has 18 atom stereocenters. The summed E-state index contributed by atoms with van der Waals surface area (Å²) in [5.74, 6) is -17.4. The van der Waals surface area contributed by atoms with E-state index >= 15 is 26.3 Å². The van der Waals surface area contributed by atoms with Crippen LogP contribution >= 0.6 is 0 Å². The molecule has 759 valence electrons. The molecule has 3 radical (unpaired) electrons. The first-order valence-electron chi connectivity index (χ1n) is 45.3. The molecule has 6 bridgehead atoms. The number of carbonyl (C=O) groups is 6. The molecule has 0 unspecified atom stereocenters. The van der Waals surface area contributed by atoms with Crippen LogP contribution in [0.5, 0.6) is 34.9 Å². The second-order valence-corrected chi connectivity index (χ2v) is 40.1. The van der Waals surface area contributed by atoms with Gasteiger partial charge < -0.3 is 87.7 Å². The van der Waals surface area contributed by atoms with Gasteiger partial charge in [-0.15, -0.1) is 13.2 Å². The first kappa shape index (κ1) is 112. The Hall–Kier alpha value is -9.45. The number of ether oxygens (including phenoxy) is 9. The van der Waals surface area contributed by atoms with Gasteiger partial charge in [0.25, 0.3) is 17.8 Å². The summed E-state index contributed by atoms with van der Waals surface area (Å²) in [7, 11) is 0. The van der Waals surface area contributed by atoms with Crippen LogP contribution in [0.3, 0.4) is 0 Å². The van der Waals surface area contributed by atoms with Crippen molar-refractivity contribution in [3.8, 4) is 34.9 Å². The molecule has 3 aliphatic carbocycles. The Morgan fingerprint density at radius 3 is 1.12 bits per heavy atom. The first-order valence-corrected chi connectivity index (χ1v) is 45.3. The monoisotopic (exact) mass is 2080 g/mol. The van der Waals surface area contributed by atoms with Crippen molar-refractivity contribution in [2.24, 2.45) is 51.8 Å². The van der Waals surface area contributed by atoms with Gasteiger partial charge in [0.05, 0.1) is 52.7 Å². The number of carbonyl (C=O) groups excluding carboxylic acids is 9. The van der Waals surface area contributed by atoms with Crippen LogP contribution in [-0.2, 0) is 116 Å². The number of alkyl carbamates (subject to hydrolysis) is 3. The zero-order valence-electron chi connectivity index (χ0n) is 78.7. The number of hydrogen-bond acceptors (Lipinski definition) is 24. The van der Waals surface area contributed by atoms with Crippen LogP contribution in [-0.4, -0.2) is 211 Å². The topological polar surface area (TPSA) is 360 Å². The average Bonchev–Trinajstić information content (AvgIpc) is 1.44. The average molecular weight is 2080 g/mol. The van der Waals surface area contributed by atoms with Gasteiger partial charge in [-0.3, -0.25) is 14.4 Å². The van der Waals surface area contributed by atoms with Gasteiger partial charge in [0.1, 0.15) is 71.0 Å². The third kappa shape index (κ3) is 26.2. The van der Waals surface area contributed by atoms with E-state index in [1.165, 1.54) is 39.0 Å². The standard InChI is InChI=1S/C32H38F5N4O6.C31H37F4N4O6.C30H35F4N4O6.3V/c1-6-19-22(16-42)41-15-23(19)45-26-24(38-20-11-10-18(13-21(20)39-26)46-32(35,36)37)31(33,34)12-8-7-9-17-14-30(17,5)47-28(44)40-25(27(41)43)29(2,3)4;1-16-21(15-40)39-14-22(16)44-25-23(36-19-10-9-18(43-27(32)33)12-20(19)37-25)31(34,35)11-7-6-8-17-13-30(17,5)45-28(42)38-24(26(39)41)29(2,3)4;1-15-20(14-39)38-13-22(15)43-25-23(35-18-9-8-17(42-27(31)32)12-19(18)36-25)30(33,34)10-6-5-7-16-11-21(16)44-28(41)37-24(26(38)40)29(2,3)4;;;/h10-11,13,17,19,22-23,25H,6-9,12,14-15H2,1-5H3,(H,40,44);9-10,12,16-17,21-22,24,27H,6-8,11,13-14H2,1-5H3,(H,38,42);8-9,12,15-16,20-22,24,27H,5-7,10-11,13H2,1-4H3,(H,37,41);;;/q3*-1;;;/t17-,19+,22-,23+,25-,30-;16-,17+,21+,22-,24+,30+;15-,16+,20+,21+,22-,24+;;;/m100.../s1. The molecule has 15 rings (SSSR count). The Balaban J connectivity index is 0.000000213. The van der Waals surface area contributed by atoms with Gasteiger partial charge >= 0.3 is 37.9 Å². The van der Waals surface area contributed by atoms with Gasteiger partial charge in [-0.1, -0.05) is 127 Å². The molecule has 30 nitrogen and oxygen atoms in total. The fraction of sp³-hybridized carbons (Fsp3) is 0.645. The molecule has 3 saturated heterocycles. The summed E-state index contributed by atoms with van der Waals surface area (Å²) in [5.41, 5.74) is -6.58. The van der Waals surface area contributed by atoms with E-state index < -0.39 is 233 Å². The number of aromatic nitrogens is 6. The largest absolute Gasteiger partial charge is 0.573 e. The Labute approximate surface area is 829 Å². The zero-order valence-corrected chi connectivity index (χ0v) is 82.8. The molecule has 6 amide bonds. The number of amides is 6. The van der Waals surface area contributed by atoms with Crippen LogP contribution in [0, 0.1) is 51.8 Å². The van der Waals surface area contributed by atoms with E-state index in [1.54, 1.807) is 96.9 Å². The summed E-state index contributed by atoms with van der Waals surface area (Å²) < 4.78 is 233. The van der Waals surface area contributed by atoms with Crippen LogP contribution in [0.15, 0.2) is 54.6 Å². The van der Waals surface area contributed by atoms with E-state index in [0.717, 1.165) is 30.3 Å². The van der Waals surface area contributed by atoms with E-state index in [-0.39, 0.29) is 169 Å². The molecule has 6 aliphatic heterocycles. The minimum atomic E-state index is -5.00. The van der Waals surface area contributed by atoms with Crippen LogP contribution in [0.2, 0.25) is 0 Å². The van der Waals surface area contributed by atoms with Crippen molar-refractivity contribution in [2.75, 3.05) is 19.6 Å². The van der Waals surface area contributed by atoms with Gasteiger partial charge in [0.15, 0.2) is 17.1 Å². The number of alkyl halides is 13. The molecular weight excluding hydrogens is 1970 g/mol. The SMILES string of the molecule is CC[C@@H]1[C@@H]2CN(C(=O)[C@H](C(C)(C)C)NC(=O)O[C@]3(C)C[C@H]3CCCCC(F)(F)c3nc4ccc(OC(F)(F)F)cc4nc3O2)[C@@H]1[C-]=O.C[C@@H]1[C@@H]2CN(C(=O)[C@H](C(C)(C)C)NC(=O)O[C@@H]3C[C@H]3CCCCC(F)(F)c3nc4ccc(OC(F)F)cc4nc3O2)[C@@H]1[C-]=O.C[C@@H]1[C@@H]2CN(C(=O)[C@H](C(C)(C)C)NC(=O)O[C@]3(C)C[C@H]3CCCCC(F)(F)c3nc4ccc(OC(F)F)cc4nc3O2)[C@@H]1[C-]=O.[V].[V].[V]. The Morgan fingerprint density at radius 2 is 0.777 bits per heavy atom. The minimum absolute atomic E-state index is 0. The molecule has 139 heavy (non-hydrogen) atoms. The molecule has 9 aliphatic rings. The van der Waals surface area contributed by atoms with Crippen molar-refractivity contribution in [2.45, 2.75) is 309 Å². The number of nitrogens with one attached hydrogen (secondary N) is 3. The van der Waals surface area contributed by atoms with Crippen molar-refractivity contribution in [3.05, 3.63) is 71.7 Å². The Bertz CT molecular complexity index is 5480. The first-order chi connectivity index (χ1) is 63.5. The third-order valence-corrected chi connectivity index (χ3v) is 26.7. The van der Waals surface area contributed by atoms with Gasteiger partial charge in [-0.05, 0) is 148 Å². The normalized spacial score (nSPS) is 29.5. The molecule has 6 aromatic rings. The minimum Gasteiger partial charge on any atom is -0.540 e. The zero-order chi connectivity index (χ0) is 99.4. The Morgan fingerprint density at radius 1 is 0.446 bits per heavy atom. The predicted molar refractivity (Wildman–Crippen MR) is 458 cm³/mol. The fourth-order valence-corrected chi connectivity index (χ4v) is 18.5. The van der Waals surface area contributed by atoms with Crippen LogP contribution < -0.4 is 44.4 Å². The van der Waals surface area contributed by atoms with Gasteiger partial charge in [0.2, 0.25) is 35.4 Å². The van der Waals surface area contributed by atoms with Crippen molar-refractivity contribution < 1.29 is 199 Å². The second-order valence-electron chi connectivity index (χ2n) is 40.1. The fourth-order valence-electron chi connectivity index (χ4n) is 18.5. The van der Waals surface area contributed by atoms with Gasteiger partial charge in [0, 0.05) is 105 Å². The molecule has 3 aromatic carbocycles. The van der Waals surface area contributed by atoms with E-state index in [4.69, 9.17) is 28.4 Å². The second kappa shape index (κ2) is 43.4. The summed E-state index contributed by atoms with van der Waals surface area (Å²) >= 11 is 0. The van der Waals surface area contributed by atoms with Crippen molar-refractivity contribution in [1.82, 2.24) is 60.6 Å². The smallest absolute Gasteiger partial charge is 0.540 e. The van der Waals surface area contributed by atoms with E-state index in [1.807, 2.05) is 18.9 Å². The van der Waals surface area contributed by atoms with E-state index in [9.17, 15) is 73.9 Å². The van der Waals surface area contributed by atoms with E-state index in [2.05, 4.69) is 60.1 Å². The summed E-state index contributed by atoms with van der Waals surface area (Å²) in [6.45, 7) is 17.3. The molecule has 6 fully saturated rings. The van der Waals surface area contributed by atoms with Crippen molar-refractivity contribution in [1.29, 1.82) is 0 Å². The van der Waals surface area contributed by atoms with Crippen molar-refractivity contribution >= 4 is 88.0 Å². The summed E-state index contributed by atoms with van der Waals surface area (Å²) in [5, 5.41) is 8.04. The predicted octanol–water partition coefficient (Wildman–Crippen LogP) is 16.9. The number of rotatable bonds is 9. The maximum atomic E-state index is 15.9. The number of halogens is 13. The molecule has 9 heterocycles. The summed E-state index contributed by atoms with van der Waals surface area (Å²) in [6, 6.07) is 3.42. The summed E-state index contributed by atoms with van der Waals surface area (Å²) in [6.07, 6.45) is -1.75. The number of fused-ring (bicyclic) bond motifs is 15. The quantitative estimate of drug-likeness (QED) is 0.0687. The van der Waals surface area contributed by atoms with Crippen molar-refractivity contribution in [3.63, 3.8) is 0 Å². The molecule has 3 saturated carbocycles. The maximum Gasteiger partial charge on any atom is 0.573 e. The molecular formula is C93H110F13N12O18V3-3. The summed E-state index contributed by atoms with van der Waals surface area (Å²) in [4.78, 5) is 146. The van der Waals surface area contributed by atoms with Gasteiger partial charge in [-0.2, -0.15) is 43.9 Å². The van der Waals surface area contributed by atoms with Crippen LogP contribution in [0.25, 0.3) is 33.1 Å². The molecule has 0 spiro atoms. The molecule has 3 aromatic heterocycles. The van der Waals surface area contributed by atoms with Crippen LogP contribution in [0.4, 0.5) is 71.5 Å². The number of benzene rings is 3. The van der Waals surface area contributed by atoms with E-state index in [0.29, 0.717) is 57.8 Å². The molecule has 3 N–H and O–H groups in total. The Kier molecular flexibility index (Phi) is 34.8. The third-order valence-electron chi connectivity index (χ3n) is 26.7. The molecule has 46 heteroatoms. The maximum absolute atomic E-state index is 15.9. The number of hydrogen-bond donors (Lipinski definition) is 3. The van der Waals surface area contributed by atoms with Crippen LogP contribution in [0.1, 0.15) is 217 Å². The number of nitrogens with zero attached hydrogens (tertiary/aromatic N) is 9.